The molecule has 2 saturated heterocycles. The van der Waals surface area contributed by atoms with Gasteiger partial charge in [0.25, 0.3) is 0 Å². The molecule has 0 radical (unpaired) electrons. The number of nitrogens with one attached hydrogen (secondary N) is 3. The Kier molecular flexibility index (Phi) is 28.2. The van der Waals surface area contributed by atoms with Gasteiger partial charge in [-0.1, -0.05) is 182 Å². The largest absolute Gasteiger partial charge is 0.445 e. The maximum atomic E-state index is 15.9. The molecule has 27 nitrogen and oxygen atoms in total. The third-order valence-electron chi connectivity index (χ3n) is 15.3. The Morgan fingerprint density at radius 3 is 1.19 bits per heavy atom. The van der Waals surface area contributed by atoms with Gasteiger partial charge in [-0.25, -0.2) is 9.59 Å². The zero-order valence-corrected chi connectivity index (χ0v) is 52.6. The van der Waals surface area contributed by atoms with E-state index in [1.165, 1.54) is 0 Å². The van der Waals surface area contributed by atoms with Crippen LogP contribution in [0.3, 0.4) is 0 Å². The molecule has 2 aliphatic heterocycles. The summed E-state index contributed by atoms with van der Waals surface area (Å²) in [4.78, 5) is 41.9. The van der Waals surface area contributed by atoms with Crippen LogP contribution < -0.4 is 16.0 Å². The second-order valence-electron chi connectivity index (χ2n) is 22.0. The fourth-order valence-electron chi connectivity index (χ4n) is 10.1. The van der Waals surface area contributed by atoms with E-state index < -0.39 is 184 Å². The van der Waals surface area contributed by atoms with Gasteiger partial charge >= 0.3 is 27.4 Å². The van der Waals surface area contributed by atoms with Crippen LogP contribution in [0.1, 0.15) is 39.8 Å². The normalized spacial score (nSPS) is 22.9. The monoisotopic (exact) mass is 1350 g/mol. The summed E-state index contributed by atoms with van der Waals surface area (Å²) in [5.41, 5.74) is 3.08. The van der Waals surface area contributed by atoms with Crippen LogP contribution in [0.15, 0.2) is 182 Å². The van der Waals surface area contributed by atoms with Crippen LogP contribution in [0.5, 0.6) is 0 Å². The van der Waals surface area contributed by atoms with Crippen molar-refractivity contribution in [3.05, 3.63) is 215 Å². The van der Waals surface area contributed by atoms with Crippen molar-refractivity contribution in [1.82, 2.24) is 16.0 Å². The van der Waals surface area contributed by atoms with Gasteiger partial charge in [-0.15, -0.1) is 0 Å². The number of hydrogen-bond donors (Lipinski definition) is 12. The quantitative estimate of drug-likeness (QED) is 0.0254. The summed E-state index contributed by atoms with van der Waals surface area (Å²) >= 11 is 0. The van der Waals surface area contributed by atoms with E-state index in [1.54, 1.807) is 182 Å². The number of alkyl carbamates (subject to hydrolysis) is 2. The third kappa shape index (κ3) is 20.6. The molecule has 6 aromatic carbocycles. The fourth-order valence-corrected chi connectivity index (χ4v) is 15.3. The first kappa shape index (κ1) is 72.9. The van der Waals surface area contributed by atoms with Crippen LogP contribution in [0.4, 0.5) is 9.59 Å². The molecule has 6 unspecified atom stereocenters. The van der Waals surface area contributed by atoms with Gasteiger partial charge in [-0.2, -0.15) is 0 Å². The maximum Gasteiger partial charge on any atom is 0.407 e. The van der Waals surface area contributed by atoms with Gasteiger partial charge in [0.15, 0.2) is 18.0 Å². The van der Waals surface area contributed by atoms with Gasteiger partial charge in [-0.3, -0.25) is 13.9 Å². The van der Waals surface area contributed by atoms with Crippen molar-refractivity contribution in [3.8, 4) is 0 Å². The summed E-state index contributed by atoms with van der Waals surface area (Å²) in [5.74, 6) is -1.20. The summed E-state index contributed by atoms with van der Waals surface area (Å²) in [7, 11) is -10.0. The molecule has 0 saturated carbocycles. The topological polar surface area (TPSA) is 396 Å². The molecule has 2 aliphatic rings. The minimum Gasteiger partial charge on any atom is -0.445 e. The number of aliphatic hydroxyl groups excluding tert-OH is 9. The number of hydrogen-bond acceptors (Lipinski definition) is 24. The van der Waals surface area contributed by atoms with Crippen LogP contribution in [0.25, 0.3) is 0 Å². The zero-order valence-electron chi connectivity index (χ0n) is 50.8. The molecular weight excluding hydrogens is 1270 g/mol. The zero-order chi connectivity index (χ0) is 67.0. The first-order valence-corrected chi connectivity index (χ1v) is 33.3. The highest BCUT2D eigenvalue weighted by atomic mass is 31.2. The Hall–Kier alpha value is -6.89. The Balaban J connectivity index is 1.09. The molecule has 0 aromatic heterocycles. The van der Waals surface area contributed by atoms with Crippen molar-refractivity contribution in [3.63, 3.8) is 0 Å². The molecule has 29 heteroatoms. The van der Waals surface area contributed by atoms with Crippen LogP contribution in [0, 0.1) is 0 Å². The molecule has 0 spiro atoms. The third-order valence-corrected chi connectivity index (χ3v) is 20.8. The fraction of sp³-hybridized carbons (Fsp3) is 0.400. The summed E-state index contributed by atoms with van der Waals surface area (Å²) < 4.78 is 91.7. The van der Waals surface area contributed by atoms with E-state index in [0.717, 1.165) is 0 Å². The van der Waals surface area contributed by atoms with Crippen molar-refractivity contribution in [1.29, 1.82) is 0 Å². The molecule has 0 bridgehead atoms. The van der Waals surface area contributed by atoms with Gasteiger partial charge in [0.2, 0.25) is 5.91 Å². The second-order valence-corrected chi connectivity index (χ2v) is 26.8. The van der Waals surface area contributed by atoms with E-state index in [2.05, 4.69) is 16.0 Å². The lowest BCUT2D eigenvalue weighted by Crippen LogP contribution is -2.70. The average Bonchev–Trinajstić information content (AvgIpc) is 0.796. The van der Waals surface area contributed by atoms with Crippen LogP contribution in [0.2, 0.25) is 0 Å². The maximum absolute atomic E-state index is 15.9. The van der Waals surface area contributed by atoms with Crippen LogP contribution in [-0.4, -0.2) is 182 Å². The number of carbonyl (C=O) groups excluding carboxylic acids is 3. The molecule has 3 amide bonds. The second kappa shape index (κ2) is 36.3. The van der Waals surface area contributed by atoms with E-state index in [1.807, 2.05) is 0 Å². The lowest BCUT2D eigenvalue weighted by Gasteiger charge is -2.48. The number of amides is 3. The highest BCUT2D eigenvalue weighted by Crippen LogP contribution is 2.72. The first-order chi connectivity index (χ1) is 45.4. The Labute approximate surface area is 542 Å². The van der Waals surface area contributed by atoms with E-state index >= 15 is 9.13 Å². The number of aliphatic hydroxyl groups is 9. The molecule has 14 atom stereocenters. The highest BCUT2D eigenvalue weighted by molar-refractivity contribution is 7.72. The summed E-state index contributed by atoms with van der Waals surface area (Å²) in [5, 5.41) is 106. The minimum absolute atomic E-state index is 0.245. The number of benzene rings is 6. The smallest absolute Gasteiger partial charge is 0.407 e. The SMILES string of the molecule is O=C(CC(P(=O)(OCc1ccccc1)OCc1ccccc1)P(=O)(OCc1ccccc1)OCc1ccccc1)NC(CO)[C@H](O)[C@H](O[C@@H]1OC(CO)[C@@H](O[C@@H]2OC(CO)[C@@H](O)[C@@H](O)C2NC(=O)OCc2ccccc2)[C@@H](O)C1NC(=O)OCc1ccccc1)C(O)CO. The number of carbonyl (C=O) groups is 3. The molecule has 94 heavy (non-hydrogen) atoms. The van der Waals surface area contributed by atoms with Crippen LogP contribution in [-0.2, 0) is 100 Å². The van der Waals surface area contributed by atoms with Crippen molar-refractivity contribution < 1.29 is 116 Å². The van der Waals surface area contributed by atoms with Gasteiger partial charge in [0.05, 0.1) is 65.3 Å². The van der Waals surface area contributed by atoms with Crippen molar-refractivity contribution in [2.24, 2.45) is 0 Å². The predicted molar refractivity (Wildman–Crippen MR) is 333 cm³/mol. The Morgan fingerprint density at radius 1 is 0.468 bits per heavy atom. The van der Waals surface area contributed by atoms with Gasteiger partial charge in [0, 0.05) is 0 Å². The molecule has 2 heterocycles. The first-order valence-electron chi connectivity index (χ1n) is 30.1. The minimum atomic E-state index is -5.00. The summed E-state index contributed by atoms with van der Waals surface area (Å²) in [6.45, 7) is -6.57. The van der Waals surface area contributed by atoms with E-state index in [4.69, 9.17) is 46.5 Å². The van der Waals surface area contributed by atoms with E-state index in [0.29, 0.717) is 33.4 Å². The van der Waals surface area contributed by atoms with E-state index in [9.17, 15) is 60.3 Å². The molecule has 8 rings (SSSR count). The molecule has 12 N–H and O–H groups in total. The van der Waals surface area contributed by atoms with Gasteiger partial charge < -0.3 is 108 Å². The van der Waals surface area contributed by atoms with Crippen LogP contribution >= 0.6 is 15.2 Å². The molecule has 0 aliphatic carbocycles. The predicted octanol–water partition coefficient (Wildman–Crippen LogP) is 4.02. The number of rotatable bonds is 34. The van der Waals surface area contributed by atoms with E-state index in [-0.39, 0.29) is 13.2 Å². The van der Waals surface area contributed by atoms with Crippen molar-refractivity contribution in [2.75, 3.05) is 26.4 Å². The summed E-state index contributed by atoms with van der Waals surface area (Å²) in [6.07, 6.45) is -25.4. The lowest BCUT2D eigenvalue weighted by atomic mass is 9.94. The molecule has 2 fully saturated rings. The van der Waals surface area contributed by atoms with Gasteiger partial charge in [0.1, 0.15) is 80.2 Å². The number of ether oxygens (including phenoxy) is 6. The highest BCUT2D eigenvalue weighted by Gasteiger charge is 2.55. The van der Waals surface area contributed by atoms with Crippen molar-refractivity contribution in [2.45, 2.75) is 137 Å². The standard InChI is InChI=1S/C65H79N3O24P2/c69-32-48(66-52(74)31-53(93(81,85-38-44-23-11-3-12-24-44)86-39-45-25-13-4-14-26-45)94(82,87-40-46-27-15-5-16-28-46)88-41-47-29-17-6-18-30-47)56(75)60(49(73)33-70)91-63-55(68-65(80)84-37-43-21-9-2-10-22-43)59(78)61(51(35-72)90-63)92-62-54(58(77)57(76)50(34-71)89-62)67-64(79)83-36-42-19-7-1-8-20-42/h1-30,48-51,53-63,69-73,75-78H,31-41H2,(H,66,74)(H,67,79)(H,68,80)/t48?,49?,50?,51?,54?,55?,56-,57+,58-,59-,60+,61+,62-,63-/m0/s1. The van der Waals surface area contributed by atoms with Crippen molar-refractivity contribution >= 4 is 33.3 Å². The Bertz CT molecular complexity index is 3130. The molecular formula is C65H79N3O24P2. The van der Waals surface area contributed by atoms with Gasteiger partial charge in [-0.05, 0) is 33.4 Å². The lowest BCUT2D eigenvalue weighted by molar-refractivity contribution is -0.341. The Morgan fingerprint density at radius 2 is 0.830 bits per heavy atom. The summed E-state index contributed by atoms with van der Waals surface area (Å²) in [6, 6.07) is 45.1. The average molecular weight is 1350 g/mol. The molecule has 508 valence electrons. The molecule has 6 aromatic rings.